The van der Waals surface area contributed by atoms with E-state index < -0.39 is 0 Å². The van der Waals surface area contributed by atoms with E-state index in [2.05, 4.69) is 17.6 Å². The van der Waals surface area contributed by atoms with E-state index in [-0.39, 0.29) is 5.75 Å². The van der Waals surface area contributed by atoms with Gasteiger partial charge in [0, 0.05) is 17.9 Å². The first kappa shape index (κ1) is 11.3. The number of aromatic hydroxyl groups is 1. The highest BCUT2D eigenvalue weighted by molar-refractivity contribution is 5.67. The second-order valence-electron chi connectivity index (χ2n) is 3.75. The number of phenols is 1. The van der Waals surface area contributed by atoms with Crippen LogP contribution in [0, 0.1) is 0 Å². The summed E-state index contributed by atoms with van der Waals surface area (Å²) in [5.74, 6) is 0.253. The predicted octanol–water partition coefficient (Wildman–Crippen LogP) is 3.57. The van der Waals surface area contributed by atoms with Crippen molar-refractivity contribution in [2.45, 2.75) is 6.92 Å². The Morgan fingerprint density at radius 1 is 0.941 bits per heavy atom. The van der Waals surface area contributed by atoms with E-state index in [1.807, 2.05) is 36.4 Å². The van der Waals surface area contributed by atoms with Gasteiger partial charge in [0.2, 0.25) is 0 Å². The average molecular weight is 228 g/mol. The van der Waals surface area contributed by atoms with Gasteiger partial charge < -0.3 is 15.7 Å². The van der Waals surface area contributed by atoms with Crippen LogP contribution in [0.1, 0.15) is 6.92 Å². The third-order valence-electron chi connectivity index (χ3n) is 2.45. The molecule has 3 nitrogen and oxygen atoms in total. The molecular formula is C14H16N2O. The van der Waals surface area contributed by atoms with Gasteiger partial charge in [0.1, 0.15) is 5.75 Å². The number of rotatable bonds is 4. The molecule has 2 aromatic carbocycles. The largest absolute Gasteiger partial charge is 0.506 e. The number of hydrogen-bond donors (Lipinski definition) is 3. The molecule has 0 amide bonds. The molecule has 3 N–H and O–H groups in total. The zero-order chi connectivity index (χ0) is 12.1. The molecular weight excluding hydrogens is 212 g/mol. The number of anilines is 3. The lowest BCUT2D eigenvalue weighted by Crippen LogP contribution is -1.96. The van der Waals surface area contributed by atoms with Crippen LogP contribution in [0.2, 0.25) is 0 Å². The Morgan fingerprint density at radius 3 is 2.24 bits per heavy atom. The van der Waals surface area contributed by atoms with Gasteiger partial charge in [-0.1, -0.05) is 12.1 Å². The molecule has 0 aliphatic carbocycles. The number of nitrogens with one attached hydrogen (secondary N) is 2. The van der Waals surface area contributed by atoms with Gasteiger partial charge in [-0.15, -0.1) is 0 Å². The average Bonchev–Trinajstić information content (AvgIpc) is 2.35. The molecule has 2 rings (SSSR count). The van der Waals surface area contributed by atoms with E-state index in [1.165, 1.54) is 0 Å². The van der Waals surface area contributed by atoms with Crippen LogP contribution in [-0.4, -0.2) is 11.7 Å². The van der Waals surface area contributed by atoms with Crippen molar-refractivity contribution >= 4 is 17.1 Å². The highest BCUT2D eigenvalue weighted by atomic mass is 16.3. The van der Waals surface area contributed by atoms with Gasteiger partial charge in [-0.25, -0.2) is 0 Å². The zero-order valence-corrected chi connectivity index (χ0v) is 9.77. The van der Waals surface area contributed by atoms with Crippen molar-refractivity contribution in [2.75, 3.05) is 17.2 Å². The molecule has 0 radical (unpaired) electrons. The van der Waals surface area contributed by atoms with Gasteiger partial charge in [-0.05, 0) is 43.3 Å². The molecule has 0 heterocycles. The smallest absolute Gasteiger partial charge is 0.139 e. The van der Waals surface area contributed by atoms with Gasteiger partial charge in [-0.2, -0.15) is 0 Å². The summed E-state index contributed by atoms with van der Waals surface area (Å²) in [7, 11) is 0. The molecule has 0 saturated heterocycles. The molecule has 0 aliphatic rings. The Hall–Kier alpha value is -2.16. The molecule has 0 unspecified atom stereocenters. The van der Waals surface area contributed by atoms with Crippen LogP contribution in [0.3, 0.4) is 0 Å². The molecule has 3 heteroatoms. The molecule has 0 spiro atoms. The van der Waals surface area contributed by atoms with Crippen molar-refractivity contribution in [3.63, 3.8) is 0 Å². The topological polar surface area (TPSA) is 44.3 Å². The van der Waals surface area contributed by atoms with Gasteiger partial charge in [0.05, 0.1) is 5.69 Å². The highest BCUT2D eigenvalue weighted by Gasteiger charge is 1.99. The summed E-state index contributed by atoms with van der Waals surface area (Å²) >= 11 is 0. The highest BCUT2D eigenvalue weighted by Crippen LogP contribution is 2.26. The van der Waals surface area contributed by atoms with Crippen molar-refractivity contribution in [1.29, 1.82) is 0 Å². The second-order valence-corrected chi connectivity index (χ2v) is 3.75. The molecule has 88 valence electrons. The minimum Gasteiger partial charge on any atom is -0.506 e. The quantitative estimate of drug-likeness (QED) is 0.701. The van der Waals surface area contributed by atoms with E-state index in [9.17, 15) is 5.11 Å². The van der Waals surface area contributed by atoms with Crippen molar-refractivity contribution in [3.8, 4) is 5.75 Å². The minimum absolute atomic E-state index is 0.253. The summed E-state index contributed by atoms with van der Waals surface area (Å²) in [6.07, 6.45) is 0. The standard InChI is InChI=1S/C14H16N2O/c1-2-15-11-7-9-12(10-8-11)16-13-5-3-4-6-14(13)17/h3-10,15-17H,2H2,1H3. The zero-order valence-electron chi connectivity index (χ0n) is 9.77. The van der Waals surface area contributed by atoms with Crippen molar-refractivity contribution in [3.05, 3.63) is 48.5 Å². The molecule has 0 aromatic heterocycles. The maximum Gasteiger partial charge on any atom is 0.139 e. The number of phenolic OH excluding ortho intramolecular Hbond substituents is 1. The van der Waals surface area contributed by atoms with Crippen molar-refractivity contribution in [1.82, 2.24) is 0 Å². The number of hydrogen-bond acceptors (Lipinski definition) is 3. The van der Waals surface area contributed by atoms with E-state index >= 15 is 0 Å². The first-order valence-corrected chi connectivity index (χ1v) is 5.68. The normalized spacial score (nSPS) is 9.94. The molecule has 0 fully saturated rings. The van der Waals surface area contributed by atoms with Crippen LogP contribution in [0.15, 0.2) is 48.5 Å². The third kappa shape index (κ3) is 2.91. The third-order valence-corrected chi connectivity index (χ3v) is 2.45. The fourth-order valence-corrected chi connectivity index (χ4v) is 1.61. The van der Waals surface area contributed by atoms with E-state index in [0.717, 1.165) is 17.9 Å². The fourth-order valence-electron chi connectivity index (χ4n) is 1.61. The first-order chi connectivity index (χ1) is 8.29. The van der Waals surface area contributed by atoms with Crippen molar-refractivity contribution in [2.24, 2.45) is 0 Å². The Balaban J connectivity index is 2.11. The molecule has 0 saturated carbocycles. The molecule has 2 aromatic rings. The summed E-state index contributed by atoms with van der Waals surface area (Å²) in [4.78, 5) is 0. The maximum absolute atomic E-state index is 9.64. The van der Waals surface area contributed by atoms with Gasteiger partial charge >= 0.3 is 0 Å². The van der Waals surface area contributed by atoms with Crippen LogP contribution < -0.4 is 10.6 Å². The summed E-state index contributed by atoms with van der Waals surface area (Å²) in [5.41, 5.74) is 2.76. The molecule has 0 atom stereocenters. The predicted molar refractivity (Wildman–Crippen MR) is 72.0 cm³/mol. The molecule has 0 bridgehead atoms. The van der Waals surface area contributed by atoms with Gasteiger partial charge in [0.15, 0.2) is 0 Å². The first-order valence-electron chi connectivity index (χ1n) is 5.68. The summed E-state index contributed by atoms with van der Waals surface area (Å²) in [6.45, 7) is 2.97. The fraction of sp³-hybridized carbons (Fsp3) is 0.143. The Labute approximate surface area is 101 Å². The summed E-state index contributed by atoms with van der Waals surface area (Å²) in [5, 5.41) is 16.0. The summed E-state index contributed by atoms with van der Waals surface area (Å²) in [6, 6.07) is 15.2. The lowest BCUT2D eigenvalue weighted by Gasteiger charge is -2.09. The Bertz CT molecular complexity index is 480. The van der Waals surface area contributed by atoms with Crippen LogP contribution in [0.4, 0.5) is 17.1 Å². The number of para-hydroxylation sites is 2. The SMILES string of the molecule is CCNc1ccc(Nc2ccccc2O)cc1. The van der Waals surface area contributed by atoms with Crippen LogP contribution >= 0.6 is 0 Å². The van der Waals surface area contributed by atoms with Crippen LogP contribution in [0.5, 0.6) is 5.75 Å². The van der Waals surface area contributed by atoms with E-state index in [1.54, 1.807) is 12.1 Å². The minimum atomic E-state index is 0.253. The van der Waals surface area contributed by atoms with E-state index in [0.29, 0.717) is 5.69 Å². The summed E-state index contributed by atoms with van der Waals surface area (Å²) < 4.78 is 0. The maximum atomic E-state index is 9.64. The second kappa shape index (κ2) is 5.25. The number of benzene rings is 2. The molecule has 17 heavy (non-hydrogen) atoms. The lowest BCUT2D eigenvalue weighted by molar-refractivity contribution is 0.478. The van der Waals surface area contributed by atoms with Crippen LogP contribution in [0.25, 0.3) is 0 Å². The Kier molecular flexibility index (Phi) is 3.50. The molecule has 0 aliphatic heterocycles. The van der Waals surface area contributed by atoms with Gasteiger partial charge in [-0.3, -0.25) is 0 Å². The lowest BCUT2D eigenvalue weighted by atomic mass is 10.2. The van der Waals surface area contributed by atoms with E-state index in [4.69, 9.17) is 0 Å². The van der Waals surface area contributed by atoms with Crippen LogP contribution in [-0.2, 0) is 0 Å². The van der Waals surface area contributed by atoms with Gasteiger partial charge in [0.25, 0.3) is 0 Å². The van der Waals surface area contributed by atoms with Crippen molar-refractivity contribution < 1.29 is 5.11 Å². The Morgan fingerprint density at radius 2 is 1.59 bits per heavy atom. The monoisotopic (exact) mass is 228 g/mol.